The molecule has 0 aliphatic carbocycles. The summed E-state index contributed by atoms with van der Waals surface area (Å²) < 4.78 is 55.8. The maximum Gasteiger partial charge on any atom is 0.408 e. The number of alkyl halides is 3. The number of rotatable bonds is 6. The van der Waals surface area contributed by atoms with Crippen LogP contribution in [0, 0.1) is 0 Å². The van der Waals surface area contributed by atoms with Crippen molar-refractivity contribution in [2.24, 2.45) is 0 Å². The van der Waals surface area contributed by atoms with E-state index in [0.29, 0.717) is 43.4 Å². The number of hydrogen-bond donors (Lipinski definition) is 3. The van der Waals surface area contributed by atoms with E-state index >= 15 is 0 Å². The number of allylic oxidation sites excluding steroid dienone is 1. The molecule has 14 heteroatoms. The van der Waals surface area contributed by atoms with Gasteiger partial charge in [0.15, 0.2) is 5.79 Å². The Balaban J connectivity index is 1.23. The maximum absolute atomic E-state index is 13.4. The first-order valence-corrected chi connectivity index (χ1v) is 12.7. The monoisotopic (exact) mass is 552 g/mol. The second-order valence-corrected chi connectivity index (χ2v) is 10.3. The van der Waals surface area contributed by atoms with Gasteiger partial charge < -0.3 is 29.7 Å². The van der Waals surface area contributed by atoms with Crippen LogP contribution in [0.3, 0.4) is 0 Å². The van der Waals surface area contributed by atoms with Crippen molar-refractivity contribution in [3.8, 4) is 5.75 Å². The lowest BCUT2D eigenvalue weighted by Gasteiger charge is -2.41. The first kappa shape index (κ1) is 27.1. The van der Waals surface area contributed by atoms with Crippen molar-refractivity contribution in [1.29, 1.82) is 0 Å². The Morgan fingerprint density at radius 2 is 2.13 bits per heavy atom. The van der Waals surface area contributed by atoms with E-state index in [1.54, 1.807) is 18.2 Å². The molecular weight excluding hydrogens is 521 g/mol. The van der Waals surface area contributed by atoms with E-state index in [-0.39, 0.29) is 24.6 Å². The molecule has 4 aliphatic rings. The minimum absolute atomic E-state index is 0.180. The van der Waals surface area contributed by atoms with Gasteiger partial charge in [-0.1, -0.05) is 6.08 Å². The summed E-state index contributed by atoms with van der Waals surface area (Å²) in [4.78, 5) is 33.8. The topological polar surface area (TPSA) is 117 Å². The molecule has 2 saturated heterocycles. The minimum atomic E-state index is -4.57. The van der Waals surface area contributed by atoms with Gasteiger partial charge in [0.25, 0.3) is 0 Å². The smallest absolute Gasteiger partial charge is 0.408 e. The largest absolute Gasteiger partial charge is 0.489 e. The zero-order chi connectivity index (χ0) is 27.9. The molecule has 0 spiro atoms. The fraction of sp³-hybridized carbons (Fsp3) is 0.560. The maximum atomic E-state index is 13.4. The van der Waals surface area contributed by atoms with Crippen LogP contribution >= 0.6 is 0 Å². The zero-order valence-corrected chi connectivity index (χ0v) is 21.7. The second-order valence-electron chi connectivity index (χ2n) is 10.3. The average Bonchev–Trinajstić information content (AvgIpc) is 3.45. The summed E-state index contributed by atoms with van der Waals surface area (Å²) in [6, 6.07) is -0.458. The van der Waals surface area contributed by atoms with Gasteiger partial charge in [0.05, 0.1) is 24.5 Å². The van der Waals surface area contributed by atoms with E-state index in [2.05, 4.69) is 20.5 Å². The molecule has 0 saturated carbocycles. The minimum Gasteiger partial charge on any atom is -0.489 e. The molecule has 4 atom stereocenters. The molecule has 212 valence electrons. The van der Waals surface area contributed by atoms with Gasteiger partial charge in [-0.3, -0.25) is 15.0 Å². The summed E-state index contributed by atoms with van der Waals surface area (Å²) in [5, 5.41) is 7.71. The summed E-state index contributed by atoms with van der Waals surface area (Å²) in [6.07, 6.45) is 0.576. The number of nitrogens with zero attached hydrogens (tertiary/aromatic N) is 3. The van der Waals surface area contributed by atoms with Crippen LogP contribution in [0.2, 0.25) is 0 Å². The first-order chi connectivity index (χ1) is 18.4. The molecule has 39 heavy (non-hydrogen) atoms. The van der Waals surface area contributed by atoms with Crippen molar-refractivity contribution in [3.05, 3.63) is 42.0 Å². The number of hydrogen-bond acceptors (Lipinski definition) is 8. The number of dihydropyridines is 1. The third-order valence-electron chi connectivity index (χ3n) is 6.92. The number of fused-ring (bicyclic) bond motifs is 3. The van der Waals surface area contributed by atoms with Gasteiger partial charge in [-0.25, -0.2) is 9.78 Å². The molecule has 3 N–H and O–H groups in total. The van der Waals surface area contributed by atoms with E-state index in [1.165, 1.54) is 17.2 Å². The average molecular weight is 553 g/mol. The molecule has 2 bridgehead atoms. The molecule has 1 unspecified atom stereocenters. The Hall–Kier alpha value is -3.52. The Morgan fingerprint density at radius 3 is 2.79 bits per heavy atom. The van der Waals surface area contributed by atoms with Crippen LogP contribution in [-0.2, 0) is 14.3 Å². The summed E-state index contributed by atoms with van der Waals surface area (Å²) >= 11 is 0. The van der Waals surface area contributed by atoms with Gasteiger partial charge in [0.1, 0.15) is 42.2 Å². The summed E-state index contributed by atoms with van der Waals surface area (Å²) in [6.45, 7) is 6.56. The van der Waals surface area contributed by atoms with E-state index in [0.717, 1.165) is 6.92 Å². The van der Waals surface area contributed by atoms with Crippen LogP contribution in [0.1, 0.15) is 27.2 Å². The summed E-state index contributed by atoms with van der Waals surface area (Å²) in [5.41, 5.74) is 0.699. The van der Waals surface area contributed by atoms with Crippen molar-refractivity contribution in [2.45, 2.75) is 63.4 Å². The Bertz CT molecular complexity index is 1170. The van der Waals surface area contributed by atoms with Crippen LogP contribution in [-0.4, -0.2) is 89.2 Å². The van der Waals surface area contributed by atoms with Crippen LogP contribution in [0.25, 0.3) is 0 Å². The third kappa shape index (κ3) is 5.91. The van der Waals surface area contributed by atoms with Gasteiger partial charge >= 0.3 is 12.2 Å². The van der Waals surface area contributed by atoms with Gasteiger partial charge in [-0.2, -0.15) is 13.2 Å². The molecule has 1 aromatic rings. The van der Waals surface area contributed by atoms with Crippen molar-refractivity contribution in [2.75, 3.05) is 31.6 Å². The lowest BCUT2D eigenvalue weighted by atomic mass is 10.1. The first-order valence-electron chi connectivity index (χ1n) is 12.7. The van der Waals surface area contributed by atoms with Crippen molar-refractivity contribution in [1.82, 2.24) is 25.4 Å². The Morgan fingerprint density at radius 1 is 1.33 bits per heavy atom. The Labute approximate surface area is 223 Å². The molecule has 0 aromatic carbocycles. The highest BCUT2D eigenvalue weighted by molar-refractivity contribution is 5.91. The number of ether oxygens (including phenoxy) is 3. The molecule has 5 rings (SSSR count). The number of halogens is 3. The van der Waals surface area contributed by atoms with Gasteiger partial charge in [-0.05, 0) is 45.4 Å². The predicted octanol–water partition coefficient (Wildman–Crippen LogP) is 2.30. The fourth-order valence-electron chi connectivity index (χ4n) is 4.89. The molecule has 5 heterocycles. The lowest BCUT2D eigenvalue weighted by Crippen LogP contribution is -2.57. The highest BCUT2D eigenvalue weighted by Gasteiger charge is 2.44. The number of aromatic nitrogens is 1. The van der Waals surface area contributed by atoms with Crippen molar-refractivity contribution < 1.29 is 37.0 Å². The molecule has 1 aromatic heterocycles. The molecule has 3 amide bonds. The van der Waals surface area contributed by atoms with Crippen LogP contribution in [0.15, 0.2) is 42.0 Å². The molecule has 2 fully saturated rings. The van der Waals surface area contributed by atoms with E-state index < -0.39 is 36.0 Å². The fourth-order valence-corrected chi connectivity index (χ4v) is 4.89. The summed E-state index contributed by atoms with van der Waals surface area (Å²) in [5.74, 6) is -0.334. The quantitative estimate of drug-likeness (QED) is 0.493. The number of urea groups is 1. The van der Waals surface area contributed by atoms with Crippen LogP contribution < -0.4 is 20.7 Å². The normalized spacial score (nSPS) is 26.2. The predicted molar refractivity (Wildman–Crippen MR) is 132 cm³/mol. The van der Waals surface area contributed by atoms with Gasteiger partial charge in [0, 0.05) is 13.1 Å². The SMILES string of the molecule is C[C@@H](NC(=O)C1C=CC2=C(N1)N(C(=O)Nc1ccc(OC[C@H]3COC(C)(C)O3)cn1)[C@H]1CCN2C1)C(F)(F)F. The van der Waals surface area contributed by atoms with Gasteiger partial charge in [0.2, 0.25) is 5.91 Å². The zero-order valence-electron chi connectivity index (χ0n) is 21.7. The number of anilines is 1. The molecular formula is C25H31F3N6O5. The highest BCUT2D eigenvalue weighted by Crippen LogP contribution is 2.34. The summed E-state index contributed by atoms with van der Waals surface area (Å²) in [7, 11) is 0. The van der Waals surface area contributed by atoms with Crippen molar-refractivity contribution >= 4 is 17.8 Å². The lowest BCUT2D eigenvalue weighted by molar-refractivity contribution is -0.158. The molecule has 11 nitrogen and oxygen atoms in total. The number of carbonyl (C=O) groups is 2. The van der Waals surface area contributed by atoms with E-state index in [9.17, 15) is 22.8 Å². The Kier molecular flexibility index (Phi) is 7.10. The number of pyridine rings is 1. The van der Waals surface area contributed by atoms with Crippen molar-refractivity contribution in [3.63, 3.8) is 0 Å². The molecule has 4 aliphatic heterocycles. The standard InChI is InChI=1S/C25H31F3N6O5/c1-14(25(26,27)28)30-22(35)18-5-6-19-21(31-18)34(15-8-9-33(19)11-15)23(36)32-20-7-4-16(10-29-20)37-12-17-13-38-24(2,3)39-17/h4-7,10,14-15,17-18,31H,8-9,11-13H2,1-3H3,(H,30,35)(H,29,32,36)/t14-,15+,17+,18?/m1/s1. The van der Waals surface area contributed by atoms with Crippen LogP contribution in [0.4, 0.5) is 23.8 Å². The van der Waals surface area contributed by atoms with Gasteiger partial charge in [-0.15, -0.1) is 0 Å². The number of amides is 3. The van der Waals surface area contributed by atoms with E-state index in [4.69, 9.17) is 14.2 Å². The second kappa shape index (κ2) is 10.2. The van der Waals surface area contributed by atoms with E-state index in [1.807, 2.05) is 19.2 Å². The van der Waals surface area contributed by atoms with Crippen LogP contribution in [0.5, 0.6) is 5.75 Å². The molecule has 0 radical (unpaired) electrons. The highest BCUT2D eigenvalue weighted by atomic mass is 19.4. The number of carbonyl (C=O) groups excluding carboxylic acids is 2. The third-order valence-corrected chi connectivity index (χ3v) is 6.92. The number of nitrogens with one attached hydrogen (secondary N) is 3.